The number of benzene rings is 1. The summed E-state index contributed by atoms with van der Waals surface area (Å²) in [5.74, 6) is 0.560. The van der Waals surface area contributed by atoms with Crippen molar-refractivity contribution in [3.63, 3.8) is 0 Å². The molecule has 3 saturated carbocycles. The zero-order valence-electron chi connectivity index (χ0n) is 21.4. The lowest BCUT2D eigenvalue weighted by atomic mass is 9.48. The highest BCUT2D eigenvalue weighted by Crippen LogP contribution is 2.64. The Kier molecular flexibility index (Phi) is 5.95. The van der Waals surface area contributed by atoms with E-state index < -0.39 is 12.3 Å². The van der Waals surface area contributed by atoms with Gasteiger partial charge in [0.2, 0.25) is 0 Å². The summed E-state index contributed by atoms with van der Waals surface area (Å²) < 4.78 is 41.6. The first-order valence-electron chi connectivity index (χ1n) is 13.0. The second-order valence-electron chi connectivity index (χ2n) is 11.9. The number of nitrogens with one attached hydrogen (secondary N) is 1. The fraction of sp³-hybridized carbons (Fsp3) is 0.643. The number of likely N-dealkylation sites (N-methyl/N-ethyl adjacent to an activating group) is 1. The molecule has 0 bridgehead atoms. The third-order valence-electron chi connectivity index (χ3n) is 9.91. The van der Waals surface area contributed by atoms with Crippen LogP contribution in [0.1, 0.15) is 64.4 Å². The highest BCUT2D eigenvalue weighted by molar-refractivity contribution is 6.23. The Hall–Kier alpha value is -2.51. The average molecular weight is 505 g/mol. The van der Waals surface area contributed by atoms with Gasteiger partial charge < -0.3 is 15.0 Å². The van der Waals surface area contributed by atoms with E-state index in [1.54, 1.807) is 18.9 Å². The van der Waals surface area contributed by atoms with Crippen molar-refractivity contribution in [2.24, 2.45) is 28.6 Å². The van der Waals surface area contributed by atoms with Gasteiger partial charge in [0.15, 0.2) is 0 Å². The summed E-state index contributed by atoms with van der Waals surface area (Å²) in [5, 5.41) is 2.76. The van der Waals surface area contributed by atoms with Crippen LogP contribution < -0.4 is 10.1 Å². The van der Waals surface area contributed by atoms with E-state index in [-0.39, 0.29) is 28.7 Å². The van der Waals surface area contributed by atoms with E-state index >= 15 is 0 Å². The number of fused-ring (bicyclic) bond motifs is 5. The minimum Gasteiger partial charge on any atom is -0.406 e. The number of amides is 2. The average Bonchev–Trinajstić information content (AvgIpc) is 3.19. The first-order chi connectivity index (χ1) is 16.8. The number of aryl methyl sites for hydroxylation is 1. The molecule has 3 aliphatic carbocycles. The van der Waals surface area contributed by atoms with Crippen molar-refractivity contribution in [1.29, 1.82) is 0 Å². The van der Waals surface area contributed by atoms with Gasteiger partial charge >= 0.3 is 6.36 Å². The van der Waals surface area contributed by atoms with Gasteiger partial charge in [-0.15, -0.1) is 13.2 Å². The largest absolute Gasteiger partial charge is 0.573 e. The molecule has 5 nitrogen and oxygen atoms in total. The normalized spacial score (nSPS) is 35.9. The van der Waals surface area contributed by atoms with Crippen molar-refractivity contribution in [1.82, 2.24) is 4.90 Å². The Morgan fingerprint density at radius 1 is 1.11 bits per heavy atom. The number of ether oxygens (including phenoxy) is 1. The molecule has 1 N–H and O–H groups in total. The molecule has 8 heteroatoms. The molecule has 36 heavy (non-hydrogen) atoms. The standard InChI is InChI=1S/C28H35F3N2O3/c1-16-14-17(36-28(29,30)31)7-9-22(16)32-24(34)19-15-27(3)21-11-13-26(2)12-5-6-20(26)18(21)8-10-23(27)33(4)25(19)35/h7,9,14-15,18,20-21,23H,5-6,8,10-13H2,1-4H3,(H,32,34)/t18-,20-,21+,23?,26-,27+/m0/s1. The lowest BCUT2D eigenvalue weighted by Crippen LogP contribution is -2.60. The summed E-state index contributed by atoms with van der Waals surface area (Å²) >= 11 is 0. The van der Waals surface area contributed by atoms with Crippen LogP contribution in [0.25, 0.3) is 0 Å². The summed E-state index contributed by atoms with van der Waals surface area (Å²) in [4.78, 5) is 28.4. The van der Waals surface area contributed by atoms with Gasteiger partial charge in [0, 0.05) is 24.2 Å². The zero-order valence-corrected chi connectivity index (χ0v) is 21.4. The molecular formula is C28H35F3N2O3. The summed E-state index contributed by atoms with van der Waals surface area (Å²) in [6, 6.07) is 3.81. The number of rotatable bonds is 3. The lowest BCUT2D eigenvalue weighted by molar-refractivity contribution is -0.274. The van der Waals surface area contributed by atoms with Crippen LogP contribution in [0.5, 0.6) is 5.75 Å². The van der Waals surface area contributed by atoms with Gasteiger partial charge in [-0.25, -0.2) is 0 Å². The molecule has 1 aliphatic heterocycles. The number of hydrogen-bond donors (Lipinski definition) is 1. The third kappa shape index (κ3) is 4.10. The molecular weight excluding hydrogens is 469 g/mol. The van der Waals surface area contributed by atoms with Crippen LogP contribution in [0.2, 0.25) is 0 Å². The van der Waals surface area contributed by atoms with E-state index in [1.807, 2.05) is 6.08 Å². The van der Waals surface area contributed by atoms with E-state index in [0.29, 0.717) is 34.4 Å². The van der Waals surface area contributed by atoms with Crippen molar-refractivity contribution in [2.45, 2.75) is 78.1 Å². The van der Waals surface area contributed by atoms with Gasteiger partial charge in [0.25, 0.3) is 11.8 Å². The SMILES string of the molecule is Cc1cc(OC(F)(F)F)ccc1NC(=O)C1=C[C@@]2(C)C(CC[C@@H]3[C@H]2CC[C@]2(C)CCC[C@@H]32)N(C)C1=O. The Morgan fingerprint density at radius 2 is 1.86 bits per heavy atom. The quantitative estimate of drug-likeness (QED) is 0.497. The van der Waals surface area contributed by atoms with Crippen LogP contribution in [0.3, 0.4) is 0 Å². The second-order valence-corrected chi connectivity index (χ2v) is 11.9. The molecule has 0 saturated heterocycles. The highest BCUT2D eigenvalue weighted by Gasteiger charge is 2.59. The summed E-state index contributed by atoms with van der Waals surface area (Å²) in [5.41, 5.74) is 1.01. The number of halogens is 3. The molecule has 2 amide bonds. The number of alkyl halides is 3. The Labute approximate surface area is 210 Å². The zero-order chi connectivity index (χ0) is 26.0. The van der Waals surface area contributed by atoms with Gasteiger partial charge in [-0.2, -0.15) is 0 Å². The predicted octanol–water partition coefficient (Wildman–Crippen LogP) is 6.23. The van der Waals surface area contributed by atoms with E-state index in [4.69, 9.17) is 0 Å². The first-order valence-corrected chi connectivity index (χ1v) is 13.0. The molecule has 5 rings (SSSR count). The van der Waals surface area contributed by atoms with Crippen LogP contribution in [0.15, 0.2) is 29.8 Å². The molecule has 196 valence electrons. The van der Waals surface area contributed by atoms with Crippen molar-refractivity contribution >= 4 is 17.5 Å². The fourth-order valence-electron chi connectivity index (χ4n) is 8.21. The van der Waals surface area contributed by atoms with E-state index in [1.165, 1.54) is 37.8 Å². The van der Waals surface area contributed by atoms with Gasteiger partial charge in [-0.1, -0.05) is 26.3 Å². The number of hydrogen-bond acceptors (Lipinski definition) is 3. The predicted molar refractivity (Wildman–Crippen MR) is 130 cm³/mol. The fourth-order valence-corrected chi connectivity index (χ4v) is 8.21. The van der Waals surface area contributed by atoms with E-state index in [0.717, 1.165) is 25.3 Å². The number of carbonyl (C=O) groups is 2. The molecule has 1 aromatic rings. The maximum atomic E-state index is 13.4. The minimum absolute atomic E-state index is 0.0640. The molecule has 3 fully saturated rings. The molecule has 1 aromatic carbocycles. The maximum absolute atomic E-state index is 13.4. The maximum Gasteiger partial charge on any atom is 0.573 e. The van der Waals surface area contributed by atoms with E-state index in [9.17, 15) is 22.8 Å². The van der Waals surface area contributed by atoms with Crippen molar-refractivity contribution in [3.05, 3.63) is 35.4 Å². The van der Waals surface area contributed by atoms with Crippen LogP contribution >= 0.6 is 0 Å². The first kappa shape index (κ1) is 25.2. The molecule has 0 radical (unpaired) electrons. The van der Waals surface area contributed by atoms with Crippen LogP contribution in [-0.4, -0.2) is 36.2 Å². The number of carbonyl (C=O) groups excluding carboxylic acids is 2. The van der Waals surface area contributed by atoms with Crippen molar-refractivity contribution in [3.8, 4) is 5.75 Å². The second kappa shape index (κ2) is 8.52. The summed E-state index contributed by atoms with van der Waals surface area (Å²) in [6.07, 6.45) is 5.38. The molecule has 1 heterocycles. The third-order valence-corrected chi connectivity index (χ3v) is 9.91. The Morgan fingerprint density at radius 3 is 2.56 bits per heavy atom. The topological polar surface area (TPSA) is 58.6 Å². The van der Waals surface area contributed by atoms with Crippen LogP contribution in [0.4, 0.5) is 18.9 Å². The Bertz CT molecular complexity index is 1120. The molecule has 0 aromatic heterocycles. The summed E-state index contributed by atoms with van der Waals surface area (Å²) in [7, 11) is 1.79. The number of nitrogens with zero attached hydrogens (tertiary/aromatic N) is 1. The molecule has 6 atom stereocenters. The molecule has 0 spiro atoms. The van der Waals surface area contributed by atoms with Gasteiger partial charge in [0.05, 0.1) is 0 Å². The van der Waals surface area contributed by atoms with Crippen LogP contribution in [0, 0.1) is 35.5 Å². The lowest BCUT2D eigenvalue weighted by Gasteiger charge is -2.60. The highest BCUT2D eigenvalue weighted by atomic mass is 19.4. The number of anilines is 1. The summed E-state index contributed by atoms with van der Waals surface area (Å²) in [6.45, 7) is 6.26. The smallest absolute Gasteiger partial charge is 0.406 e. The van der Waals surface area contributed by atoms with E-state index in [2.05, 4.69) is 23.9 Å². The van der Waals surface area contributed by atoms with Crippen molar-refractivity contribution in [2.75, 3.05) is 12.4 Å². The Balaban J connectivity index is 1.42. The molecule has 4 aliphatic rings. The van der Waals surface area contributed by atoms with Gasteiger partial charge in [-0.3, -0.25) is 9.59 Å². The minimum atomic E-state index is -4.79. The van der Waals surface area contributed by atoms with Crippen LogP contribution in [-0.2, 0) is 9.59 Å². The van der Waals surface area contributed by atoms with Gasteiger partial charge in [0.1, 0.15) is 11.3 Å². The van der Waals surface area contributed by atoms with Gasteiger partial charge in [-0.05, 0) is 92.4 Å². The van der Waals surface area contributed by atoms with Crippen molar-refractivity contribution < 1.29 is 27.5 Å². The molecule has 1 unspecified atom stereocenters. The monoisotopic (exact) mass is 504 g/mol.